The highest BCUT2D eigenvalue weighted by molar-refractivity contribution is 9.10. The monoisotopic (exact) mass is 441 g/mol. The maximum absolute atomic E-state index is 12.1. The van der Waals surface area contributed by atoms with Gasteiger partial charge in [-0.15, -0.1) is 0 Å². The van der Waals surface area contributed by atoms with Gasteiger partial charge in [0.2, 0.25) is 10.0 Å². The van der Waals surface area contributed by atoms with E-state index in [1.54, 1.807) is 6.07 Å². The maximum Gasteiger partial charge on any atom is 0.211 e. The number of nitrogens with zero attached hydrogens (tertiary/aromatic N) is 2. The summed E-state index contributed by atoms with van der Waals surface area (Å²) in [7, 11) is -3.16. The standard InChI is InChI=1S/C18H24BrN3O3S/c1-2-12-26(24,25)20-14-6-9-21(10-7-14)13-22-11-8-17(23)15-4-3-5-16(19)18(15)22/h3-5,8,11,14,20H,2,6-7,9-10,12-13H2,1H3. The van der Waals surface area contributed by atoms with Crippen LogP contribution in [0.2, 0.25) is 0 Å². The van der Waals surface area contributed by atoms with Crippen LogP contribution in [-0.2, 0) is 16.7 Å². The molecule has 0 aliphatic carbocycles. The summed E-state index contributed by atoms with van der Waals surface area (Å²) in [4.78, 5) is 14.4. The molecule has 3 rings (SSSR count). The van der Waals surface area contributed by atoms with E-state index in [4.69, 9.17) is 0 Å². The summed E-state index contributed by atoms with van der Waals surface area (Å²) in [6.45, 7) is 4.18. The molecular weight excluding hydrogens is 418 g/mol. The Morgan fingerprint density at radius 1 is 1.23 bits per heavy atom. The third kappa shape index (κ3) is 4.54. The first-order valence-corrected chi connectivity index (χ1v) is 11.3. The van der Waals surface area contributed by atoms with E-state index >= 15 is 0 Å². The molecule has 2 heterocycles. The van der Waals surface area contributed by atoms with Crippen molar-refractivity contribution in [1.29, 1.82) is 0 Å². The van der Waals surface area contributed by atoms with Gasteiger partial charge < -0.3 is 4.57 Å². The number of pyridine rings is 1. The zero-order chi connectivity index (χ0) is 18.7. The summed E-state index contributed by atoms with van der Waals surface area (Å²) in [6, 6.07) is 7.26. The average Bonchev–Trinajstić information content (AvgIpc) is 2.59. The fraction of sp³-hybridized carbons (Fsp3) is 0.500. The number of para-hydroxylation sites is 1. The lowest BCUT2D eigenvalue weighted by atomic mass is 10.1. The lowest BCUT2D eigenvalue weighted by Crippen LogP contribution is -2.45. The number of piperidine rings is 1. The van der Waals surface area contributed by atoms with Crippen LogP contribution < -0.4 is 10.2 Å². The largest absolute Gasteiger partial charge is 0.333 e. The minimum atomic E-state index is -3.16. The normalized spacial score (nSPS) is 17.0. The van der Waals surface area contributed by atoms with Crippen LogP contribution in [-0.4, -0.2) is 42.8 Å². The topological polar surface area (TPSA) is 71.4 Å². The van der Waals surface area contributed by atoms with Gasteiger partial charge in [-0.3, -0.25) is 9.69 Å². The van der Waals surface area contributed by atoms with Crippen LogP contribution in [0.25, 0.3) is 10.9 Å². The first-order chi connectivity index (χ1) is 12.4. The molecule has 1 aliphatic heterocycles. The fourth-order valence-electron chi connectivity index (χ4n) is 3.44. The van der Waals surface area contributed by atoms with Gasteiger partial charge in [0.15, 0.2) is 5.43 Å². The van der Waals surface area contributed by atoms with Gasteiger partial charge in [0, 0.05) is 41.3 Å². The second kappa shape index (κ2) is 8.21. The van der Waals surface area contributed by atoms with Gasteiger partial charge in [0.05, 0.1) is 17.9 Å². The zero-order valence-electron chi connectivity index (χ0n) is 14.8. The van der Waals surface area contributed by atoms with Crippen molar-refractivity contribution in [3.63, 3.8) is 0 Å². The van der Waals surface area contributed by atoms with Crippen LogP contribution >= 0.6 is 15.9 Å². The molecule has 26 heavy (non-hydrogen) atoms. The van der Waals surface area contributed by atoms with Gasteiger partial charge in [-0.05, 0) is 47.3 Å². The van der Waals surface area contributed by atoms with Gasteiger partial charge in [0.25, 0.3) is 0 Å². The summed E-state index contributed by atoms with van der Waals surface area (Å²) in [6.07, 6.45) is 4.04. The third-order valence-electron chi connectivity index (χ3n) is 4.70. The second-order valence-corrected chi connectivity index (χ2v) is 9.48. The van der Waals surface area contributed by atoms with Gasteiger partial charge >= 0.3 is 0 Å². The molecule has 0 spiro atoms. The Hall–Kier alpha value is -1.22. The maximum atomic E-state index is 12.1. The Kier molecular flexibility index (Phi) is 6.17. The Balaban J connectivity index is 1.68. The van der Waals surface area contributed by atoms with E-state index in [0.717, 1.165) is 35.9 Å². The van der Waals surface area contributed by atoms with Crippen molar-refractivity contribution < 1.29 is 8.42 Å². The van der Waals surface area contributed by atoms with Crippen molar-refractivity contribution in [2.24, 2.45) is 0 Å². The molecule has 6 nitrogen and oxygen atoms in total. The van der Waals surface area contributed by atoms with E-state index in [1.807, 2.05) is 31.3 Å². The molecule has 142 valence electrons. The molecule has 0 atom stereocenters. The number of likely N-dealkylation sites (tertiary alicyclic amines) is 1. The molecule has 0 saturated carbocycles. The first kappa shape index (κ1) is 19.5. The molecule has 1 aromatic heterocycles. The fourth-order valence-corrected chi connectivity index (χ4v) is 5.43. The van der Waals surface area contributed by atoms with E-state index < -0.39 is 10.0 Å². The molecule has 8 heteroatoms. The minimum absolute atomic E-state index is 0.0142. The predicted molar refractivity (Wildman–Crippen MR) is 108 cm³/mol. The highest BCUT2D eigenvalue weighted by Crippen LogP contribution is 2.22. The van der Waals surface area contributed by atoms with Crippen LogP contribution in [0.15, 0.2) is 39.7 Å². The van der Waals surface area contributed by atoms with E-state index in [1.165, 1.54) is 0 Å². The Bertz CT molecular complexity index is 934. The first-order valence-electron chi connectivity index (χ1n) is 8.89. The molecule has 1 aromatic carbocycles. The molecule has 0 unspecified atom stereocenters. The van der Waals surface area contributed by atoms with Crippen LogP contribution in [0.4, 0.5) is 0 Å². The summed E-state index contributed by atoms with van der Waals surface area (Å²) in [5.74, 6) is 0.185. The van der Waals surface area contributed by atoms with Crippen molar-refractivity contribution in [3.8, 4) is 0 Å². The highest BCUT2D eigenvalue weighted by Gasteiger charge is 2.23. The predicted octanol–water partition coefficient (Wildman–Crippen LogP) is 2.52. The van der Waals surface area contributed by atoms with E-state index in [0.29, 0.717) is 18.5 Å². The Morgan fingerprint density at radius 3 is 2.65 bits per heavy atom. The molecular formula is C18H24BrN3O3S. The van der Waals surface area contributed by atoms with E-state index in [2.05, 4.69) is 30.1 Å². The quantitative estimate of drug-likeness (QED) is 0.747. The van der Waals surface area contributed by atoms with Crippen LogP contribution in [0.5, 0.6) is 0 Å². The van der Waals surface area contributed by atoms with Crippen molar-refractivity contribution >= 4 is 36.9 Å². The van der Waals surface area contributed by atoms with Crippen molar-refractivity contribution in [3.05, 3.63) is 45.2 Å². The third-order valence-corrected chi connectivity index (χ3v) is 6.98. The number of halogens is 1. The van der Waals surface area contributed by atoms with Crippen molar-refractivity contribution in [2.75, 3.05) is 18.8 Å². The number of aromatic nitrogens is 1. The number of rotatable bonds is 6. The van der Waals surface area contributed by atoms with Gasteiger partial charge in [-0.25, -0.2) is 13.1 Å². The molecule has 0 radical (unpaired) electrons. The number of benzene rings is 1. The lowest BCUT2D eigenvalue weighted by molar-refractivity contribution is 0.168. The summed E-state index contributed by atoms with van der Waals surface area (Å²) in [5.41, 5.74) is 0.910. The SMILES string of the molecule is CCCS(=O)(=O)NC1CCN(Cn2ccc(=O)c3cccc(Br)c32)CC1. The number of hydrogen-bond acceptors (Lipinski definition) is 4. The summed E-state index contributed by atoms with van der Waals surface area (Å²) < 4.78 is 29.6. The smallest absolute Gasteiger partial charge is 0.211 e. The number of hydrogen-bond donors (Lipinski definition) is 1. The van der Waals surface area contributed by atoms with Gasteiger partial charge in [-0.1, -0.05) is 13.0 Å². The minimum Gasteiger partial charge on any atom is -0.333 e. The molecule has 1 saturated heterocycles. The summed E-state index contributed by atoms with van der Waals surface area (Å²) >= 11 is 3.55. The van der Waals surface area contributed by atoms with Crippen LogP contribution in [0.3, 0.4) is 0 Å². The molecule has 1 N–H and O–H groups in total. The van der Waals surface area contributed by atoms with Crippen LogP contribution in [0, 0.1) is 0 Å². The van der Waals surface area contributed by atoms with Crippen molar-refractivity contribution in [1.82, 2.24) is 14.2 Å². The molecule has 1 aliphatic rings. The van der Waals surface area contributed by atoms with E-state index in [-0.39, 0.29) is 17.2 Å². The molecule has 0 amide bonds. The highest BCUT2D eigenvalue weighted by atomic mass is 79.9. The lowest BCUT2D eigenvalue weighted by Gasteiger charge is -2.33. The van der Waals surface area contributed by atoms with E-state index in [9.17, 15) is 13.2 Å². The Morgan fingerprint density at radius 2 is 1.96 bits per heavy atom. The number of sulfonamides is 1. The molecule has 1 fully saturated rings. The number of fused-ring (bicyclic) bond motifs is 1. The molecule has 0 bridgehead atoms. The second-order valence-electron chi connectivity index (χ2n) is 6.76. The Labute approximate surface area is 162 Å². The zero-order valence-corrected chi connectivity index (χ0v) is 17.2. The van der Waals surface area contributed by atoms with Gasteiger partial charge in [0.1, 0.15) is 0 Å². The van der Waals surface area contributed by atoms with Crippen LogP contribution in [0.1, 0.15) is 26.2 Å². The van der Waals surface area contributed by atoms with Crippen molar-refractivity contribution in [2.45, 2.75) is 38.9 Å². The number of nitrogens with one attached hydrogen (secondary N) is 1. The average molecular weight is 442 g/mol. The van der Waals surface area contributed by atoms with Gasteiger partial charge in [-0.2, -0.15) is 0 Å². The molecule has 2 aromatic rings. The summed E-state index contributed by atoms with van der Waals surface area (Å²) in [5, 5.41) is 0.698.